The first-order valence-electron chi connectivity index (χ1n) is 7.26. The molecule has 1 aliphatic rings. The van der Waals surface area contributed by atoms with Crippen LogP contribution in [0.3, 0.4) is 0 Å². The first-order chi connectivity index (χ1) is 11.6. The Kier molecular flexibility index (Phi) is 3.43. The Hall–Kier alpha value is -2.92. The third-order valence-corrected chi connectivity index (χ3v) is 4.07. The van der Waals surface area contributed by atoms with Crippen molar-refractivity contribution in [3.05, 3.63) is 72.0 Å². The number of nitrogens with one attached hydrogen (secondary N) is 2. The molecule has 4 nitrogen and oxygen atoms in total. The van der Waals surface area contributed by atoms with Gasteiger partial charge in [-0.05, 0) is 24.3 Å². The van der Waals surface area contributed by atoms with Crippen LogP contribution in [0.4, 0.5) is 15.9 Å². The molecule has 0 unspecified atom stereocenters. The van der Waals surface area contributed by atoms with Crippen LogP contribution in [-0.2, 0) is 0 Å². The van der Waals surface area contributed by atoms with Crippen LogP contribution in [0, 0.1) is 5.82 Å². The van der Waals surface area contributed by atoms with Gasteiger partial charge in [-0.3, -0.25) is 4.98 Å². The van der Waals surface area contributed by atoms with E-state index in [0.29, 0.717) is 27.9 Å². The van der Waals surface area contributed by atoms with Gasteiger partial charge in [0.15, 0.2) is 5.82 Å². The number of halogens is 2. The third kappa shape index (κ3) is 2.39. The van der Waals surface area contributed by atoms with Gasteiger partial charge in [0.1, 0.15) is 11.6 Å². The van der Waals surface area contributed by atoms with Gasteiger partial charge in [0.2, 0.25) is 0 Å². The van der Waals surface area contributed by atoms with E-state index in [-0.39, 0.29) is 5.82 Å². The SMILES string of the molecule is C=C1Nc2cc(-c3ccncc3Cl)c(-c3ccccc3F)nc2N1. The highest BCUT2D eigenvalue weighted by atomic mass is 35.5. The number of nitrogens with zero attached hydrogens (tertiary/aromatic N) is 2. The van der Waals surface area contributed by atoms with E-state index in [4.69, 9.17) is 11.6 Å². The number of rotatable bonds is 2. The van der Waals surface area contributed by atoms with Crippen molar-refractivity contribution in [2.45, 2.75) is 0 Å². The average molecular weight is 339 g/mol. The summed E-state index contributed by atoms with van der Waals surface area (Å²) in [6.07, 6.45) is 3.20. The van der Waals surface area contributed by atoms with E-state index >= 15 is 0 Å². The first kappa shape index (κ1) is 14.7. The Morgan fingerprint density at radius 2 is 1.88 bits per heavy atom. The predicted octanol–water partition coefficient (Wildman–Crippen LogP) is 4.91. The third-order valence-electron chi connectivity index (χ3n) is 3.77. The zero-order valence-electron chi connectivity index (χ0n) is 12.5. The maximum absolute atomic E-state index is 14.4. The van der Waals surface area contributed by atoms with Crippen LogP contribution in [0.2, 0.25) is 5.02 Å². The Balaban J connectivity index is 2.02. The molecule has 0 radical (unpaired) electrons. The Morgan fingerprint density at radius 1 is 1.04 bits per heavy atom. The molecule has 2 N–H and O–H groups in total. The molecule has 0 spiro atoms. The van der Waals surface area contributed by atoms with Gasteiger partial charge in [0.25, 0.3) is 0 Å². The highest BCUT2D eigenvalue weighted by Crippen LogP contribution is 2.41. The minimum Gasteiger partial charge on any atom is -0.339 e. The van der Waals surface area contributed by atoms with Crippen molar-refractivity contribution in [2.24, 2.45) is 0 Å². The van der Waals surface area contributed by atoms with Crippen LogP contribution in [0.1, 0.15) is 0 Å². The van der Waals surface area contributed by atoms with Crippen molar-refractivity contribution in [3.63, 3.8) is 0 Å². The molecule has 0 saturated carbocycles. The molecule has 1 aliphatic heterocycles. The standard InChI is InChI=1S/C18H12ClFN4/c1-10-22-16-8-13(11-6-7-21-9-14(11)19)17(24-18(16)23-10)12-4-2-3-5-15(12)20/h2-9,22H,1H2,(H,23,24). The molecule has 0 atom stereocenters. The number of benzene rings is 1. The van der Waals surface area contributed by atoms with Crippen LogP contribution >= 0.6 is 11.6 Å². The summed E-state index contributed by atoms with van der Waals surface area (Å²) in [4.78, 5) is 8.61. The summed E-state index contributed by atoms with van der Waals surface area (Å²) < 4.78 is 14.4. The fraction of sp³-hybridized carbons (Fsp3) is 0. The lowest BCUT2D eigenvalue weighted by Crippen LogP contribution is -1.96. The molecule has 0 fully saturated rings. The molecule has 118 valence electrons. The predicted molar refractivity (Wildman–Crippen MR) is 94.3 cm³/mol. The van der Waals surface area contributed by atoms with Gasteiger partial charge in [-0.25, -0.2) is 9.37 Å². The fourth-order valence-electron chi connectivity index (χ4n) is 2.70. The second-order valence-electron chi connectivity index (χ2n) is 5.34. The van der Waals surface area contributed by atoms with Crippen molar-refractivity contribution in [1.29, 1.82) is 0 Å². The van der Waals surface area contributed by atoms with Gasteiger partial charge < -0.3 is 10.6 Å². The molecule has 0 saturated heterocycles. The average Bonchev–Trinajstić information content (AvgIpc) is 2.94. The Bertz CT molecular complexity index is 894. The van der Waals surface area contributed by atoms with E-state index < -0.39 is 0 Å². The number of hydrogen-bond acceptors (Lipinski definition) is 4. The number of pyridine rings is 2. The molecule has 3 aromatic rings. The summed E-state index contributed by atoms with van der Waals surface area (Å²) in [5, 5.41) is 6.61. The zero-order valence-corrected chi connectivity index (χ0v) is 13.2. The van der Waals surface area contributed by atoms with Gasteiger partial charge in [-0.2, -0.15) is 0 Å². The maximum Gasteiger partial charge on any atom is 0.156 e. The van der Waals surface area contributed by atoms with Gasteiger partial charge >= 0.3 is 0 Å². The van der Waals surface area contributed by atoms with Gasteiger partial charge in [0, 0.05) is 29.1 Å². The van der Waals surface area contributed by atoms with Crippen molar-refractivity contribution < 1.29 is 4.39 Å². The van der Waals surface area contributed by atoms with E-state index in [1.54, 1.807) is 36.7 Å². The highest BCUT2D eigenvalue weighted by molar-refractivity contribution is 6.33. The summed E-state index contributed by atoms with van der Waals surface area (Å²) in [6.45, 7) is 3.84. The molecule has 0 bridgehead atoms. The van der Waals surface area contributed by atoms with E-state index in [1.165, 1.54) is 6.07 Å². The van der Waals surface area contributed by atoms with E-state index in [2.05, 4.69) is 27.2 Å². The molecule has 1 aromatic carbocycles. The van der Waals surface area contributed by atoms with Gasteiger partial charge in [-0.1, -0.05) is 30.3 Å². The van der Waals surface area contributed by atoms with Crippen LogP contribution in [0.15, 0.2) is 61.2 Å². The van der Waals surface area contributed by atoms with Crippen molar-refractivity contribution in [2.75, 3.05) is 10.6 Å². The monoisotopic (exact) mass is 338 g/mol. The topological polar surface area (TPSA) is 49.8 Å². The van der Waals surface area contributed by atoms with Crippen molar-refractivity contribution >= 4 is 23.1 Å². The smallest absolute Gasteiger partial charge is 0.156 e. The lowest BCUT2D eigenvalue weighted by atomic mass is 9.99. The minimum atomic E-state index is -0.346. The summed E-state index contributed by atoms with van der Waals surface area (Å²) in [6, 6.07) is 10.2. The zero-order chi connectivity index (χ0) is 16.7. The van der Waals surface area contributed by atoms with Gasteiger partial charge in [-0.15, -0.1) is 0 Å². The van der Waals surface area contributed by atoms with Crippen LogP contribution < -0.4 is 10.6 Å². The second kappa shape index (κ2) is 5.62. The number of anilines is 2. The van der Waals surface area contributed by atoms with Crippen molar-refractivity contribution in [1.82, 2.24) is 9.97 Å². The van der Waals surface area contributed by atoms with Gasteiger partial charge in [0.05, 0.1) is 16.4 Å². The molecule has 24 heavy (non-hydrogen) atoms. The molecule has 4 rings (SSSR count). The van der Waals surface area contributed by atoms with Crippen LogP contribution in [0.5, 0.6) is 0 Å². The van der Waals surface area contributed by atoms with Crippen LogP contribution in [0.25, 0.3) is 22.4 Å². The summed E-state index contributed by atoms with van der Waals surface area (Å²) in [7, 11) is 0. The van der Waals surface area contributed by atoms with E-state index in [0.717, 1.165) is 16.8 Å². The minimum absolute atomic E-state index is 0.346. The molecular weight excluding hydrogens is 327 g/mol. The summed E-state index contributed by atoms with van der Waals surface area (Å²) >= 11 is 6.30. The molecule has 2 aromatic heterocycles. The molecule has 3 heterocycles. The fourth-order valence-corrected chi connectivity index (χ4v) is 2.92. The summed E-state index contributed by atoms with van der Waals surface area (Å²) in [5.41, 5.74) is 3.13. The van der Waals surface area contributed by atoms with E-state index in [1.807, 2.05) is 6.07 Å². The number of aromatic nitrogens is 2. The molecule has 0 amide bonds. The number of fused-ring (bicyclic) bond motifs is 1. The van der Waals surface area contributed by atoms with E-state index in [9.17, 15) is 4.39 Å². The highest BCUT2D eigenvalue weighted by Gasteiger charge is 2.22. The second-order valence-corrected chi connectivity index (χ2v) is 5.75. The normalized spacial score (nSPS) is 12.5. The molecule has 6 heteroatoms. The first-order valence-corrected chi connectivity index (χ1v) is 7.64. The van der Waals surface area contributed by atoms with Crippen molar-refractivity contribution in [3.8, 4) is 22.4 Å². The lowest BCUT2D eigenvalue weighted by Gasteiger charge is -2.13. The molecule has 0 aliphatic carbocycles. The maximum atomic E-state index is 14.4. The molecular formula is C18H12ClFN4. The van der Waals surface area contributed by atoms with Crippen LogP contribution in [-0.4, -0.2) is 9.97 Å². The lowest BCUT2D eigenvalue weighted by molar-refractivity contribution is 0.631. The largest absolute Gasteiger partial charge is 0.339 e. The number of hydrogen-bond donors (Lipinski definition) is 2. The Labute approximate surface area is 143 Å². The summed E-state index contributed by atoms with van der Waals surface area (Å²) in [5.74, 6) is 0.878. The Morgan fingerprint density at radius 3 is 2.67 bits per heavy atom. The quantitative estimate of drug-likeness (QED) is 0.697.